The molecule has 1 saturated heterocycles. The van der Waals surface area contributed by atoms with Crippen LogP contribution in [0.2, 0.25) is 5.02 Å². The molecular weight excluding hydrogens is 262 g/mol. The van der Waals surface area contributed by atoms with Gasteiger partial charge in [0.1, 0.15) is 0 Å². The number of nitrogens with one attached hydrogen (secondary N) is 2. The van der Waals surface area contributed by atoms with Crippen LogP contribution in [-0.4, -0.2) is 25.0 Å². The standard InChI is InChI=1S/C12H13ClF2N2O/c13-9-5-11(15)10(14)4-8(9)12(18)17-7-2-1-3-16-6-7/h4-5,7,16H,1-3,6H2,(H,17,18). The molecule has 1 aromatic rings. The molecular formula is C12H13ClF2N2O. The molecule has 0 spiro atoms. The summed E-state index contributed by atoms with van der Waals surface area (Å²) in [6.45, 7) is 1.60. The van der Waals surface area contributed by atoms with Crippen molar-refractivity contribution >= 4 is 17.5 Å². The summed E-state index contributed by atoms with van der Waals surface area (Å²) in [5.74, 6) is -2.62. The molecule has 0 radical (unpaired) electrons. The van der Waals surface area contributed by atoms with Gasteiger partial charge in [0.15, 0.2) is 11.6 Å². The number of carbonyl (C=O) groups excluding carboxylic acids is 1. The zero-order valence-corrected chi connectivity index (χ0v) is 10.4. The van der Waals surface area contributed by atoms with E-state index < -0.39 is 17.5 Å². The third-order valence-electron chi connectivity index (χ3n) is 2.89. The number of benzene rings is 1. The first kappa shape index (κ1) is 13.2. The van der Waals surface area contributed by atoms with Crippen molar-refractivity contribution in [2.24, 2.45) is 0 Å². The van der Waals surface area contributed by atoms with Crippen LogP contribution in [0.5, 0.6) is 0 Å². The normalized spacial score (nSPS) is 19.6. The molecule has 6 heteroatoms. The largest absolute Gasteiger partial charge is 0.348 e. The lowest BCUT2D eigenvalue weighted by Crippen LogP contribution is -2.45. The van der Waals surface area contributed by atoms with E-state index in [0.29, 0.717) is 6.54 Å². The van der Waals surface area contributed by atoms with E-state index in [1.54, 1.807) is 0 Å². The number of rotatable bonds is 2. The summed E-state index contributed by atoms with van der Waals surface area (Å²) in [6, 6.07) is 1.63. The summed E-state index contributed by atoms with van der Waals surface area (Å²) in [5, 5.41) is 5.80. The Morgan fingerprint density at radius 1 is 1.39 bits per heavy atom. The van der Waals surface area contributed by atoms with Crippen molar-refractivity contribution in [3.8, 4) is 0 Å². The highest BCUT2D eigenvalue weighted by Gasteiger charge is 2.19. The van der Waals surface area contributed by atoms with Gasteiger partial charge in [-0.2, -0.15) is 0 Å². The Hall–Kier alpha value is -1.20. The summed E-state index contributed by atoms with van der Waals surface area (Å²) in [4.78, 5) is 11.9. The third-order valence-corrected chi connectivity index (χ3v) is 3.20. The van der Waals surface area contributed by atoms with E-state index in [2.05, 4.69) is 10.6 Å². The molecule has 18 heavy (non-hydrogen) atoms. The van der Waals surface area contributed by atoms with Crippen molar-refractivity contribution in [2.75, 3.05) is 13.1 Å². The number of piperidine rings is 1. The first-order valence-electron chi connectivity index (χ1n) is 5.74. The Morgan fingerprint density at radius 3 is 2.78 bits per heavy atom. The minimum absolute atomic E-state index is 0.00423. The molecule has 1 amide bonds. The van der Waals surface area contributed by atoms with Crippen LogP contribution >= 0.6 is 11.6 Å². The van der Waals surface area contributed by atoms with Crippen LogP contribution < -0.4 is 10.6 Å². The number of carbonyl (C=O) groups is 1. The maximum Gasteiger partial charge on any atom is 0.253 e. The second kappa shape index (κ2) is 5.63. The third kappa shape index (κ3) is 2.97. The molecule has 1 unspecified atom stereocenters. The van der Waals surface area contributed by atoms with Crippen LogP contribution in [-0.2, 0) is 0 Å². The van der Waals surface area contributed by atoms with E-state index in [9.17, 15) is 13.6 Å². The van der Waals surface area contributed by atoms with Crippen LogP contribution in [0, 0.1) is 11.6 Å². The van der Waals surface area contributed by atoms with E-state index >= 15 is 0 Å². The fraction of sp³-hybridized carbons (Fsp3) is 0.417. The molecule has 1 fully saturated rings. The number of halogens is 3. The molecule has 0 bridgehead atoms. The van der Waals surface area contributed by atoms with E-state index in [-0.39, 0.29) is 16.6 Å². The van der Waals surface area contributed by atoms with E-state index in [4.69, 9.17) is 11.6 Å². The molecule has 0 aromatic heterocycles. The monoisotopic (exact) mass is 274 g/mol. The highest BCUT2D eigenvalue weighted by Crippen LogP contribution is 2.20. The second-order valence-corrected chi connectivity index (χ2v) is 4.67. The lowest BCUT2D eigenvalue weighted by molar-refractivity contribution is 0.0930. The number of hydrogen-bond donors (Lipinski definition) is 2. The molecule has 2 rings (SSSR count). The zero-order chi connectivity index (χ0) is 13.1. The van der Waals surface area contributed by atoms with Gasteiger partial charge in [-0.3, -0.25) is 4.79 Å². The van der Waals surface area contributed by atoms with Gasteiger partial charge in [-0.15, -0.1) is 0 Å². The van der Waals surface area contributed by atoms with Gasteiger partial charge >= 0.3 is 0 Å². The summed E-state index contributed by atoms with van der Waals surface area (Å²) >= 11 is 5.73. The molecule has 1 aliphatic rings. The average molecular weight is 275 g/mol. The predicted octanol–water partition coefficient (Wildman–Crippen LogP) is 2.10. The molecule has 1 aliphatic heterocycles. The average Bonchev–Trinajstić information content (AvgIpc) is 2.35. The minimum atomic E-state index is -1.08. The molecule has 98 valence electrons. The van der Waals surface area contributed by atoms with Crippen molar-refractivity contribution in [1.82, 2.24) is 10.6 Å². The van der Waals surface area contributed by atoms with Gasteiger partial charge < -0.3 is 10.6 Å². The van der Waals surface area contributed by atoms with Crippen LogP contribution in [0.1, 0.15) is 23.2 Å². The Balaban J connectivity index is 2.10. The fourth-order valence-electron chi connectivity index (χ4n) is 1.93. The summed E-state index contributed by atoms with van der Waals surface area (Å²) < 4.78 is 26.0. The fourth-order valence-corrected chi connectivity index (χ4v) is 2.17. The number of hydrogen-bond acceptors (Lipinski definition) is 2. The maximum atomic E-state index is 13.1. The van der Waals surface area contributed by atoms with Crippen LogP contribution in [0.4, 0.5) is 8.78 Å². The molecule has 1 heterocycles. The van der Waals surface area contributed by atoms with E-state index in [0.717, 1.165) is 31.5 Å². The molecule has 1 atom stereocenters. The second-order valence-electron chi connectivity index (χ2n) is 4.26. The van der Waals surface area contributed by atoms with Crippen molar-refractivity contribution in [2.45, 2.75) is 18.9 Å². The topological polar surface area (TPSA) is 41.1 Å². The Labute approximate surface area is 109 Å². The zero-order valence-electron chi connectivity index (χ0n) is 9.60. The Bertz CT molecular complexity index is 462. The van der Waals surface area contributed by atoms with Gasteiger partial charge in [-0.25, -0.2) is 8.78 Å². The van der Waals surface area contributed by atoms with Gasteiger partial charge in [0.05, 0.1) is 10.6 Å². The smallest absolute Gasteiger partial charge is 0.253 e. The van der Waals surface area contributed by atoms with Crippen molar-refractivity contribution in [3.05, 3.63) is 34.4 Å². The first-order valence-corrected chi connectivity index (χ1v) is 6.12. The quantitative estimate of drug-likeness (QED) is 0.811. The van der Waals surface area contributed by atoms with Crippen LogP contribution in [0.3, 0.4) is 0 Å². The van der Waals surface area contributed by atoms with Gasteiger partial charge in [0, 0.05) is 12.6 Å². The van der Waals surface area contributed by atoms with Gasteiger partial charge in [-0.05, 0) is 31.5 Å². The lowest BCUT2D eigenvalue weighted by Gasteiger charge is -2.24. The SMILES string of the molecule is O=C(NC1CCCNC1)c1cc(F)c(F)cc1Cl. The number of amides is 1. The highest BCUT2D eigenvalue weighted by molar-refractivity contribution is 6.33. The van der Waals surface area contributed by atoms with Crippen molar-refractivity contribution < 1.29 is 13.6 Å². The Kier molecular flexibility index (Phi) is 4.14. The van der Waals surface area contributed by atoms with Crippen molar-refractivity contribution in [1.29, 1.82) is 0 Å². The highest BCUT2D eigenvalue weighted by atomic mass is 35.5. The summed E-state index contributed by atoms with van der Waals surface area (Å²) in [7, 11) is 0. The Morgan fingerprint density at radius 2 is 2.11 bits per heavy atom. The first-order chi connectivity index (χ1) is 8.58. The summed E-state index contributed by atoms with van der Waals surface area (Å²) in [5.41, 5.74) is -0.0406. The molecule has 3 nitrogen and oxygen atoms in total. The van der Waals surface area contributed by atoms with Gasteiger partial charge in [0.2, 0.25) is 0 Å². The minimum Gasteiger partial charge on any atom is -0.348 e. The van der Waals surface area contributed by atoms with Gasteiger partial charge in [0.25, 0.3) is 5.91 Å². The maximum absolute atomic E-state index is 13.1. The van der Waals surface area contributed by atoms with Crippen molar-refractivity contribution in [3.63, 3.8) is 0 Å². The van der Waals surface area contributed by atoms with Gasteiger partial charge in [-0.1, -0.05) is 11.6 Å². The summed E-state index contributed by atoms with van der Waals surface area (Å²) in [6.07, 6.45) is 1.83. The lowest BCUT2D eigenvalue weighted by atomic mass is 10.1. The molecule has 1 aromatic carbocycles. The predicted molar refractivity (Wildman–Crippen MR) is 64.7 cm³/mol. The van der Waals surface area contributed by atoms with E-state index in [1.165, 1.54) is 0 Å². The van der Waals surface area contributed by atoms with E-state index in [1.807, 2.05) is 0 Å². The molecule has 0 aliphatic carbocycles. The molecule has 2 N–H and O–H groups in total. The van der Waals surface area contributed by atoms with Crippen LogP contribution in [0.25, 0.3) is 0 Å². The molecule has 0 saturated carbocycles. The van der Waals surface area contributed by atoms with Crippen LogP contribution in [0.15, 0.2) is 12.1 Å².